The highest BCUT2D eigenvalue weighted by atomic mass is 16.5. The Hall–Kier alpha value is -3.48. The van der Waals surface area contributed by atoms with Crippen molar-refractivity contribution in [3.63, 3.8) is 0 Å². The zero-order valence-electron chi connectivity index (χ0n) is 18.9. The van der Waals surface area contributed by atoms with Crippen LogP contribution in [0.1, 0.15) is 29.0 Å². The van der Waals surface area contributed by atoms with Gasteiger partial charge in [-0.3, -0.25) is 14.8 Å². The van der Waals surface area contributed by atoms with Crippen LogP contribution in [0.4, 0.5) is 5.69 Å². The lowest BCUT2D eigenvalue weighted by Crippen LogP contribution is -2.35. The summed E-state index contributed by atoms with van der Waals surface area (Å²) in [5.74, 6) is 0.324. The highest BCUT2D eigenvalue weighted by Crippen LogP contribution is 2.65. The predicted octanol–water partition coefficient (Wildman–Crippen LogP) is 4.44. The summed E-state index contributed by atoms with van der Waals surface area (Å²) in [7, 11) is 0. The summed E-state index contributed by atoms with van der Waals surface area (Å²) in [5, 5.41) is 12.1. The van der Waals surface area contributed by atoms with Crippen LogP contribution in [0.2, 0.25) is 0 Å². The fraction of sp³-hybridized carbons (Fsp3) is 0.286. The van der Waals surface area contributed by atoms with E-state index in [1.807, 2.05) is 18.2 Å². The molecule has 0 bridgehead atoms. The van der Waals surface area contributed by atoms with E-state index in [2.05, 4.69) is 68.9 Å². The second-order valence-electron chi connectivity index (χ2n) is 9.69. The van der Waals surface area contributed by atoms with Crippen LogP contribution in [0, 0.1) is 0 Å². The van der Waals surface area contributed by atoms with E-state index in [9.17, 15) is 4.79 Å². The average molecular weight is 451 g/mol. The summed E-state index contributed by atoms with van der Waals surface area (Å²) in [4.78, 5) is 15.3. The zero-order valence-corrected chi connectivity index (χ0v) is 18.9. The maximum atomic E-state index is 12.9. The number of fused-ring (bicyclic) bond motifs is 3. The summed E-state index contributed by atoms with van der Waals surface area (Å²) in [6.45, 7) is 4.49. The zero-order chi connectivity index (χ0) is 22.7. The number of aromatic nitrogens is 2. The predicted molar refractivity (Wildman–Crippen MR) is 132 cm³/mol. The van der Waals surface area contributed by atoms with Crippen molar-refractivity contribution >= 4 is 22.5 Å². The van der Waals surface area contributed by atoms with Crippen molar-refractivity contribution in [1.29, 1.82) is 0 Å². The Morgan fingerprint density at radius 3 is 2.82 bits per heavy atom. The summed E-state index contributed by atoms with van der Waals surface area (Å²) in [6.07, 6.45) is 0.853. The van der Waals surface area contributed by atoms with Crippen molar-refractivity contribution in [2.75, 3.05) is 31.6 Å². The first kappa shape index (κ1) is 19.9. The molecule has 6 nitrogen and oxygen atoms in total. The number of carbonyl (C=O) groups is 1. The molecule has 1 aromatic heterocycles. The lowest BCUT2D eigenvalue weighted by molar-refractivity contribution is -0.118. The van der Waals surface area contributed by atoms with Crippen molar-refractivity contribution in [3.8, 4) is 11.3 Å². The second-order valence-corrected chi connectivity index (χ2v) is 9.69. The first-order chi connectivity index (χ1) is 16.7. The molecule has 3 heterocycles. The van der Waals surface area contributed by atoms with E-state index >= 15 is 0 Å². The van der Waals surface area contributed by atoms with Gasteiger partial charge in [-0.1, -0.05) is 48.5 Å². The molecular formula is C28H26N4O2. The summed E-state index contributed by atoms with van der Waals surface area (Å²) in [5.41, 5.74) is 7.26. The molecule has 1 spiro atoms. The third-order valence-corrected chi connectivity index (χ3v) is 7.72. The number of amides is 1. The minimum atomic E-state index is -0.416. The molecule has 6 heteroatoms. The number of ether oxygens (including phenoxy) is 1. The Bertz CT molecular complexity index is 1420. The summed E-state index contributed by atoms with van der Waals surface area (Å²) < 4.78 is 5.47. The van der Waals surface area contributed by atoms with Crippen LogP contribution in [0.3, 0.4) is 0 Å². The number of benzene rings is 3. The van der Waals surface area contributed by atoms with E-state index in [0.717, 1.165) is 72.7 Å². The molecule has 1 saturated carbocycles. The number of aromatic amines is 1. The number of carbonyl (C=O) groups excluding carboxylic acids is 1. The molecule has 34 heavy (non-hydrogen) atoms. The molecule has 1 aliphatic carbocycles. The van der Waals surface area contributed by atoms with E-state index in [1.54, 1.807) is 0 Å². The van der Waals surface area contributed by atoms with Crippen LogP contribution in [0.5, 0.6) is 0 Å². The number of nitrogens with one attached hydrogen (secondary N) is 2. The number of rotatable bonds is 4. The van der Waals surface area contributed by atoms with Gasteiger partial charge in [0.2, 0.25) is 5.91 Å². The number of anilines is 1. The molecule has 1 amide bonds. The largest absolute Gasteiger partial charge is 0.379 e. The Morgan fingerprint density at radius 1 is 1.03 bits per heavy atom. The quantitative estimate of drug-likeness (QED) is 0.482. The van der Waals surface area contributed by atoms with Gasteiger partial charge in [0.15, 0.2) is 0 Å². The standard InChI is InChI=1S/C28H26N4O2/c33-27-28(22-6-1-2-7-24(22)29-27)16-23(28)19-8-9-21-25(15-19)30-31-26(21)20-5-3-4-18(14-20)17-32-10-12-34-13-11-32/h1-9,14-15,23H,10-13,16-17H2,(H,29,33)(H,30,31)/t23-,28-/m0/s1. The van der Waals surface area contributed by atoms with Crippen molar-refractivity contribution < 1.29 is 9.53 Å². The molecule has 7 rings (SSSR count). The van der Waals surface area contributed by atoms with Crippen molar-refractivity contribution in [1.82, 2.24) is 15.1 Å². The summed E-state index contributed by atoms with van der Waals surface area (Å²) in [6, 6.07) is 23.3. The summed E-state index contributed by atoms with van der Waals surface area (Å²) >= 11 is 0. The molecule has 3 aliphatic rings. The molecular weight excluding hydrogens is 424 g/mol. The van der Waals surface area contributed by atoms with Gasteiger partial charge in [0.25, 0.3) is 0 Å². The Morgan fingerprint density at radius 2 is 1.91 bits per heavy atom. The Balaban J connectivity index is 1.18. The molecule has 0 unspecified atom stereocenters. The highest BCUT2D eigenvalue weighted by molar-refractivity contribution is 6.10. The van der Waals surface area contributed by atoms with Gasteiger partial charge in [-0.25, -0.2) is 0 Å². The molecule has 2 N–H and O–H groups in total. The molecule has 2 fully saturated rings. The van der Waals surface area contributed by atoms with Crippen LogP contribution >= 0.6 is 0 Å². The van der Waals surface area contributed by atoms with E-state index < -0.39 is 5.41 Å². The molecule has 2 atom stereocenters. The fourth-order valence-corrected chi connectivity index (χ4v) is 5.86. The number of para-hydroxylation sites is 1. The Kier molecular flexibility index (Phi) is 4.41. The van der Waals surface area contributed by atoms with E-state index in [-0.39, 0.29) is 11.8 Å². The van der Waals surface area contributed by atoms with Gasteiger partial charge in [0, 0.05) is 42.2 Å². The van der Waals surface area contributed by atoms with Gasteiger partial charge in [0.1, 0.15) is 0 Å². The van der Waals surface area contributed by atoms with E-state index in [0.29, 0.717) is 0 Å². The van der Waals surface area contributed by atoms with Crippen molar-refractivity contribution in [2.45, 2.75) is 24.3 Å². The number of morpholine rings is 1. The SMILES string of the molecule is O=C1Nc2ccccc2[C@]12C[C@H]2c1ccc2c(-c3cccc(CN4CCOCC4)c3)n[nH]c2c1. The molecule has 4 aromatic rings. The Labute approximate surface area is 197 Å². The van der Waals surface area contributed by atoms with Crippen LogP contribution in [0.25, 0.3) is 22.2 Å². The number of hydrogen-bond donors (Lipinski definition) is 2. The average Bonchev–Trinajstić information content (AvgIpc) is 3.39. The lowest BCUT2D eigenvalue weighted by Gasteiger charge is -2.26. The van der Waals surface area contributed by atoms with E-state index in [1.165, 1.54) is 11.1 Å². The van der Waals surface area contributed by atoms with Gasteiger partial charge in [-0.15, -0.1) is 0 Å². The first-order valence-electron chi connectivity index (χ1n) is 12.0. The van der Waals surface area contributed by atoms with Gasteiger partial charge < -0.3 is 10.1 Å². The number of nitrogens with zero attached hydrogens (tertiary/aromatic N) is 2. The number of hydrogen-bond acceptors (Lipinski definition) is 4. The van der Waals surface area contributed by atoms with Crippen LogP contribution < -0.4 is 5.32 Å². The maximum Gasteiger partial charge on any atom is 0.235 e. The van der Waals surface area contributed by atoms with Crippen molar-refractivity contribution in [3.05, 3.63) is 83.4 Å². The fourth-order valence-electron chi connectivity index (χ4n) is 5.86. The monoisotopic (exact) mass is 450 g/mol. The molecule has 0 radical (unpaired) electrons. The minimum Gasteiger partial charge on any atom is -0.379 e. The molecule has 1 saturated heterocycles. The molecule has 170 valence electrons. The van der Waals surface area contributed by atoms with Gasteiger partial charge in [-0.2, -0.15) is 5.10 Å². The molecule has 2 aliphatic heterocycles. The van der Waals surface area contributed by atoms with Gasteiger partial charge in [0.05, 0.1) is 29.8 Å². The first-order valence-corrected chi connectivity index (χ1v) is 12.0. The second kappa shape index (κ2) is 7.52. The topological polar surface area (TPSA) is 70.2 Å². The van der Waals surface area contributed by atoms with Crippen LogP contribution in [-0.2, 0) is 21.5 Å². The van der Waals surface area contributed by atoms with Gasteiger partial charge >= 0.3 is 0 Å². The highest BCUT2D eigenvalue weighted by Gasteiger charge is 2.65. The lowest BCUT2D eigenvalue weighted by atomic mass is 9.91. The van der Waals surface area contributed by atoms with E-state index in [4.69, 9.17) is 4.74 Å². The molecule has 3 aromatic carbocycles. The van der Waals surface area contributed by atoms with Crippen molar-refractivity contribution in [2.24, 2.45) is 0 Å². The third kappa shape index (κ3) is 3.02. The maximum absolute atomic E-state index is 12.9. The van der Waals surface area contributed by atoms with Crippen LogP contribution in [0.15, 0.2) is 66.7 Å². The number of H-pyrrole nitrogens is 1. The normalized spacial score (nSPS) is 23.9. The smallest absolute Gasteiger partial charge is 0.235 e. The van der Waals surface area contributed by atoms with Gasteiger partial charge in [-0.05, 0) is 41.3 Å². The van der Waals surface area contributed by atoms with Crippen LogP contribution in [-0.4, -0.2) is 47.3 Å². The minimum absolute atomic E-state index is 0.126. The third-order valence-electron chi connectivity index (χ3n) is 7.72.